The molecule has 3 aromatic rings. The largest absolute Gasteiger partial charge is 0.489 e. The standard InChI is InChI=1S/C22H22ClNO4/c1-13-6-17-16(10-21(25)28-19(17)7-14(13)2)12-24-11-15-8-18(23)22-20(9-15)26-4-3-5-27-22/h6-10,24H,3-5,11-12H2,1-2H3. The zero-order chi connectivity index (χ0) is 19.7. The van der Waals surface area contributed by atoms with E-state index in [1.165, 1.54) is 0 Å². The number of nitrogens with one attached hydrogen (secondary N) is 1. The Balaban J connectivity index is 1.54. The van der Waals surface area contributed by atoms with E-state index in [1.807, 2.05) is 25.1 Å². The second kappa shape index (κ2) is 7.86. The molecule has 0 radical (unpaired) electrons. The maximum absolute atomic E-state index is 11.9. The van der Waals surface area contributed by atoms with Crippen LogP contribution in [-0.4, -0.2) is 13.2 Å². The molecule has 6 heteroatoms. The van der Waals surface area contributed by atoms with Crippen LogP contribution in [0, 0.1) is 13.8 Å². The van der Waals surface area contributed by atoms with Crippen molar-refractivity contribution < 1.29 is 13.9 Å². The molecule has 0 saturated carbocycles. The van der Waals surface area contributed by atoms with E-state index in [0.717, 1.165) is 34.1 Å². The van der Waals surface area contributed by atoms with Crippen LogP contribution < -0.4 is 20.4 Å². The first-order valence-electron chi connectivity index (χ1n) is 9.34. The van der Waals surface area contributed by atoms with Crippen molar-refractivity contribution in [3.05, 3.63) is 68.0 Å². The number of fused-ring (bicyclic) bond motifs is 2. The molecular formula is C22H22ClNO4. The average molecular weight is 400 g/mol. The summed E-state index contributed by atoms with van der Waals surface area (Å²) in [6.45, 7) is 6.40. The molecule has 0 bridgehead atoms. The van der Waals surface area contributed by atoms with E-state index in [2.05, 4.69) is 18.3 Å². The van der Waals surface area contributed by atoms with Gasteiger partial charge in [0.05, 0.1) is 18.2 Å². The van der Waals surface area contributed by atoms with Gasteiger partial charge in [-0.15, -0.1) is 0 Å². The van der Waals surface area contributed by atoms with Crippen LogP contribution in [0.25, 0.3) is 11.0 Å². The Bertz CT molecular complexity index is 1090. The van der Waals surface area contributed by atoms with E-state index in [9.17, 15) is 4.79 Å². The molecule has 2 aromatic carbocycles. The summed E-state index contributed by atoms with van der Waals surface area (Å²) in [5.74, 6) is 1.29. The monoisotopic (exact) mass is 399 g/mol. The first kappa shape index (κ1) is 18.8. The molecule has 0 aliphatic carbocycles. The minimum Gasteiger partial charge on any atom is -0.489 e. The van der Waals surface area contributed by atoms with Gasteiger partial charge in [0, 0.05) is 31.0 Å². The number of hydrogen-bond donors (Lipinski definition) is 1. The number of ether oxygens (including phenoxy) is 2. The molecule has 0 amide bonds. The van der Waals surface area contributed by atoms with Gasteiger partial charge in [0.15, 0.2) is 11.5 Å². The van der Waals surface area contributed by atoms with Crippen LogP contribution in [0.2, 0.25) is 5.02 Å². The normalized spacial score (nSPS) is 13.5. The first-order chi connectivity index (χ1) is 13.5. The highest BCUT2D eigenvalue weighted by atomic mass is 35.5. The lowest BCUT2D eigenvalue weighted by Crippen LogP contribution is -2.15. The van der Waals surface area contributed by atoms with Gasteiger partial charge in [-0.05, 0) is 60.4 Å². The van der Waals surface area contributed by atoms with Gasteiger partial charge in [0.1, 0.15) is 5.58 Å². The number of benzene rings is 2. The van der Waals surface area contributed by atoms with Crippen molar-refractivity contribution in [1.82, 2.24) is 5.32 Å². The first-order valence-corrected chi connectivity index (χ1v) is 9.72. The van der Waals surface area contributed by atoms with Crippen LogP contribution in [-0.2, 0) is 13.1 Å². The Morgan fingerprint density at radius 3 is 2.64 bits per heavy atom. The lowest BCUT2D eigenvalue weighted by Gasteiger charge is -2.13. The van der Waals surface area contributed by atoms with E-state index in [4.69, 9.17) is 25.5 Å². The highest BCUT2D eigenvalue weighted by Gasteiger charge is 2.15. The molecular weight excluding hydrogens is 378 g/mol. The second-order valence-corrected chi connectivity index (χ2v) is 7.49. The van der Waals surface area contributed by atoms with Crippen molar-refractivity contribution in [3.8, 4) is 11.5 Å². The molecule has 28 heavy (non-hydrogen) atoms. The molecule has 1 aromatic heterocycles. The van der Waals surface area contributed by atoms with E-state index in [-0.39, 0.29) is 5.63 Å². The van der Waals surface area contributed by atoms with E-state index in [0.29, 0.717) is 48.4 Å². The van der Waals surface area contributed by atoms with Gasteiger partial charge < -0.3 is 19.2 Å². The number of rotatable bonds is 4. The fourth-order valence-corrected chi connectivity index (χ4v) is 3.64. The predicted octanol–water partition coefficient (Wildman–Crippen LogP) is 4.51. The Labute approximate surface area is 168 Å². The van der Waals surface area contributed by atoms with Gasteiger partial charge in [0.2, 0.25) is 0 Å². The van der Waals surface area contributed by atoms with Crippen molar-refractivity contribution in [2.24, 2.45) is 0 Å². The summed E-state index contributed by atoms with van der Waals surface area (Å²) in [6, 6.07) is 9.36. The summed E-state index contributed by atoms with van der Waals surface area (Å²) in [4.78, 5) is 11.9. The fraction of sp³-hybridized carbons (Fsp3) is 0.318. The van der Waals surface area contributed by atoms with Crippen LogP contribution in [0.5, 0.6) is 11.5 Å². The molecule has 0 atom stereocenters. The third-order valence-electron chi connectivity index (χ3n) is 4.95. The van der Waals surface area contributed by atoms with Gasteiger partial charge in [0.25, 0.3) is 0 Å². The molecule has 5 nitrogen and oxygen atoms in total. The molecule has 1 aliphatic heterocycles. The maximum atomic E-state index is 11.9. The Morgan fingerprint density at radius 2 is 1.79 bits per heavy atom. The highest BCUT2D eigenvalue weighted by Crippen LogP contribution is 2.38. The molecule has 4 rings (SSSR count). The van der Waals surface area contributed by atoms with E-state index >= 15 is 0 Å². The molecule has 0 fully saturated rings. The van der Waals surface area contributed by atoms with Gasteiger partial charge >= 0.3 is 5.63 Å². The predicted molar refractivity (Wildman–Crippen MR) is 110 cm³/mol. The van der Waals surface area contributed by atoms with Crippen LogP contribution >= 0.6 is 11.6 Å². The molecule has 1 N–H and O–H groups in total. The minimum absolute atomic E-state index is 0.342. The van der Waals surface area contributed by atoms with E-state index in [1.54, 1.807) is 6.07 Å². The maximum Gasteiger partial charge on any atom is 0.336 e. The molecule has 2 heterocycles. The summed E-state index contributed by atoms with van der Waals surface area (Å²) in [7, 11) is 0. The Kier molecular flexibility index (Phi) is 5.29. The van der Waals surface area contributed by atoms with Crippen molar-refractivity contribution in [2.45, 2.75) is 33.4 Å². The molecule has 1 aliphatic rings. The summed E-state index contributed by atoms with van der Waals surface area (Å²) in [5.41, 5.74) is 4.44. The van der Waals surface area contributed by atoms with E-state index < -0.39 is 0 Å². The van der Waals surface area contributed by atoms with Gasteiger partial charge in [-0.1, -0.05) is 11.6 Å². The van der Waals surface area contributed by atoms with Gasteiger partial charge in [-0.3, -0.25) is 0 Å². The average Bonchev–Trinajstić information content (AvgIpc) is 2.89. The summed E-state index contributed by atoms with van der Waals surface area (Å²) < 4.78 is 16.8. The van der Waals surface area contributed by atoms with Gasteiger partial charge in [-0.25, -0.2) is 4.79 Å². The SMILES string of the molecule is Cc1cc2oc(=O)cc(CNCc3cc(Cl)c4c(c3)OCCCO4)c2cc1C. The quantitative estimate of drug-likeness (QED) is 0.654. The number of aryl methyl sites for hydroxylation is 2. The van der Waals surface area contributed by atoms with Crippen LogP contribution in [0.4, 0.5) is 0 Å². The zero-order valence-corrected chi connectivity index (χ0v) is 16.7. The fourth-order valence-electron chi connectivity index (χ4n) is 3.36. The van der Waals surface area contributed by atoms with Crippen molar-refractivity contribution in [2.75, 3.05) is 13.2 Å². The lowest BCUT2D eigenvalue weighted by atomic mass is 10.0. The summed E-state index contributed by atoms with van der Waals surface area (Å²) in [6.07, 6.45) is 0.834. The van der Waals surface area contributed by atoms with Crippen LogP contribution in [0.1, 0.15) is 28.7 Å². The van der Waals surface area contributed by atoms with Crippen molar-refractivity contribution >= 4 is 22.6 Å². The minimum atomic E-state index is -0.342. The van der Waals surface area contributed by atoms with Crippen LogP contribution in [0.15, 0.2) is 39.5 Å². The smallest absolute Gasteiger partial charge is 0.336 e. The lowest BCUT2D eigenvalue weighted by molar-refractivity contribution is 0.297. The second-order valence-electron chi connectivity index (χ2n) is 7.08. The van der Waals surface area contributed by atoms with Crippen molar-refractivity contribution in [1.29, 1.82) is 0 Å². The molecule has 146 valence electrons. The van der Waals surface area contributed by atoms with Crippen LogP contribution in [0.3, 0.4) is 0 Å². The third-order valence-corrected chi connectivity index (χ3v) is 5.23. The Hall–Kier alpha value is -2.50. The number of halogens is 1. The molecule has 0 saturated heterocycles. The zero-order valence-electron chi connectivity index (χ0n) is 15.9. The summed E-state index contributed by atoms with van der Waals surface area (Å²) in [5, 5.41) is 4.89. The topological polar surface area (TPSA) is 60.7 Å². The highest BCUT2D eigenvalue weighted by molar-refractivity contribution is 6.32. The Morgan fingerprint density at radius 1 is 1.00 bits per heavy atom. The number of hydrogen-bond acceptors (Lipinski definition) is 5. The third kappa shape index (κ3) is 3.86. The molecule has 0 spiro atoms. The van der Waals surface area contributed by atoms with Gasteiger partial charge in [-0.2, -0.15) is 0 Å². The molecule has 0 unspecified atom stereocenters. The van der Waals surface area contributed by atoms with Crippen molar-refractivity contribution in [3.63, 3.8) is 0 Å². The summed E-state index contributed by atoms with van der Waals surface area (Å²) >= 11 is 6.36.